The van der Waals surface area contributed by atoms with Crippen molar-refractivity contribution in [1.82, 2.24) is 4.57 Å². The summed E-state index contributed by atoms with van der Waals surface area (Å²) in [5.41, 5.74) is 10.1. The molecular weight excluding hydrogens is 436 g/mol. The van der Waals surface area contributed by atoms with E-state index in [0.29, 0.717) is 0 Å². The van der Waals surface area contributed by atoms with Gasteiger partial charge in [0.15, 0.2) is 11.4 Å². The number of rotatable bonds is 4. The van der Waals surface area contributed by atoms with Crippen LogP contribution in [-0.4, -0.2) is 4.57 Å². The average molecular weight is 474 g/mol. The molecule has 0 saturated heterocycles. The van der Waals surface area contributed by atoms with Gasteiger partial charge in [-0.3, -0.25) is 0 Å². The Morgan fingerprint density at radius 1 is 0.694 bits per heavy atom. The number of imidazole rings is 1. The zero-order valence-electron chi connectivity index (χ0n) is 21.7. The Balaban J connectivity index is 1.64. The molecule has 0 N–H and O–H groups in total. The first-order valence-corrected chi connectivity index (χ1v) is 14.1. The topological polar surface area (TPSA) is 8.81 Å². The number of aryl methyl sites for hydroxylation is 1. The van der Waals surface area contributed by atoms with E-state index in [9.17, 15) is 0 Å². The molecule has 2 aliphatic carbocycles. The molecule has 1 aromatic heterocycles. The number of para-hydroxylation sites is 2. The smallest absolute Gasteiger partial charge is 0.192 e. The number of benzene rings is 3. The van der Waals surface area contributed by atoms with E-state index in [1.807, 2.05) is 0 Å². The van der Waals surface area contributed by atoms with Gasteiger partial charge in [0.1, 0.15) is 11.4 Å². The van der Waals surface area contributed by atoms with Gasteiger partial charge < -0.3 is 0 Å². The third kappa shape index (κ3) is 2.94. The lowest BCUT2D eigenvalue weighted by molar-refractivity contribution is -0.588. The van der Waals surface area contributed by atoms with Crippen LogP contribution in [0.4, 0.5) is 0 Å². The molecule has 3 aromatic carbocycles. The zero-order valence-corrected chi connectivity index (χ0v) is 21.7. The van der Waals surface area contributed by atoms with Gasteiger partial charge in [-0.05, 0) is 74.3 Å². The minimum atomic E-state index is 0.116. The van der Waals surface area contributed by atoms with Crippen LogP contribution in [-0.2, 0) is 5.41 Å². The third-order valence-corrected chi connectivity index (χ3v) is 9.69. The Morgan fingerprint density at radius 3 is 1.94 bits per heavy atom. The van der Waals surface area contributed by atoms with Crippen LogP contribution in [0.3, 0.4) is 0 Å². The molecular formula is C34H37N2+. The van der Waals surface area contributed by atoms with Crippen LogP contribution in [0.15, 0.2) is 78.9 Å². The Hall–Kier alpha value is -3.13. The van der Waals surface area contributed by atoms with E-state index in [1.165, 1.54) is 85.4 Å². The number of aromatic nitrogens is 2. The minimum absolute atomic E-state index is 0.116. The molecule has 4 aromatic rings. The number of hydrogen-bond acceptors (Lipinski definition) is 0. The van der Waals surface area contributed by atoms with Gasteiger partial charge in [-0.1, -0.05) is 80.3 Å². The van der Waals surface area contributed by atoms with Crippen molar-refractivity contribution in [3.05, 3.63) is 101 Å². The monoisotopic (exact) mass is 473 g/mol. The lowest BCUT2D eigenvalue weighted by atomic mass is 9.60. The summed E-state index contributed by atoms with van der Waals surface area (Å²) in [5, 5.41) is 0. The van der Waals surface area contributed by atoms with Crippen LogP contribution in [0.1, 0.15) is 73.9 Å². The van der Waals surface area contributed by atoms with Crippen molar-refractivity contribution in [3.63, 3.8) is 0 Å². The van der Waals surface area contributed by atoms with Crippen LogP contribution in [0, 0.1) is 25.7 Å². The second-order valence-electron chi connectivity index (χ2n) is 11.4. The highest BCUT2D eigenvalue weighted by atomic mass is 15.2. The molecule has 3 aliphatic rings. The molecule has 2 fully saturated rings. The largest absolute Gasteiger partial charge is 0.299 e. The second kappa shape index (κ2) is 8.47. The van der Waals surface area contributed by atoms with Gasteiger partial charge in [-0.2, -0.15) is 9.13 Å². The molecule has 2 nitrogen and oxygen atoms in total. The van der Waals surface area contributed by atoms with Gasteiger partial charge >= 0.3 is 0 Å². The highest BCUT2D eigenvalue weighted by Gasteiger charge is 2.60. The van der Waals surface area contributed by atoms with Gasteiger partial charge in [0.2, 0.25) is 0 Å². The number of fused-ring (bicyclic) bond motifs is 3. The first-order chi connectivity index (χ1) is 17.7. The van der Waals surface area contributed by atoms with Gasteiger partial charge in [-0.15, -0.1) is 0 Å². The Morgan fingerprint density at radius 2 is 1.28 bits per heavy atom. The summed E-state index contributed by atoms with van der Waals surface area (Å²) in [5.74, 6) is 2.76. The number of hydrogen-bond donors (Lipinski definition) is 0. The van der Waals surface area contributed by atoms with Gasteiger partial charge in [0.25, 0.3) is 5.82 Å². The zero-order chi connectivity index (χ0) is 24.3. The lowest BCUT2D eigenvalue weighted by Crippen LogP contribution is -2.44. The molecule has 0 unspecified atom stereocenters. The average Bonchev–Trinajstić information content (AvgIpc) is 3.71. The summed E-state index contributed by atoms with van der Waals surface area (Å²) in [6.45, 7) is 4.67. The number of nitrogens with zero attached hydrogens (tertiary/aromatic N) is 2. The van der Waals surface area contributed by atoms with Gasteiger partial charge in [0.05, 0.1) is 11.0 Å². The minimum Gasteiger partial charge on any atom is -0.192 e. The van der Waals surface area contributed by atoms with Crippen molar-refractivity contribution in [2.24, 2.45) is 11.8 Å². The van der Waals surface area contributed by atoms with E-state index in [1.54, 1.807) is 11.3 Å². The standard InChI is InChI=1S/C34H37N2/c1-24-14-6-12-22-30(24)35-25(2)32-34(27-17-7-8-18-27,28-19-9-10-20-28)29-21-11-13-23-31(29)36(32)33(35)26-15-4-3-5-16-26/h3-6,11-16,21-23,27-28H,7-10,17-20H2,1-2H3/q+1. The highest BCUT2D eigenvalue weighted by molar-refractivity contribution is 5.64. The molecule has 0 atom stereocenters. The summed E-state index contributed by atoms with van der Waals surface area (Å²) in [6, 6.07) is 29.5. The fourth-order valence-corrected chi connectivity index (χ4v) is 8.37. The predicted molar refractivity (Wildman–Crippen MR) is 147 cm³/mol. The quantitative estimate of drug-likeness (QED) is 0.265. The molecule has 36 heavy (non-hydrogen) atoms. The SMILES string of the molecule is Cc1ccccc1-n1c(C)c2[n+](c1-c1ccccc1)-c1ccccc1C2(C1CCCC1)C1CCCC1. The summed E-state index contributed by atoms with van der Waals surface area (Å²) in [4.78, 5) is 0. The molecule has 0 spiro atoms. The maximum Gasteiger partial charge on any atom is 0.299 e. The molecule has 2 heteroatoms. The van der Waals surface area contributed by atoms with Crippen molar-refractivity contribution in [2.75, 3.05) is 0 Å². The van der Waals surface area contributed by atoms with E-state index in [4.69, 9.17) is 0 Å². The summed E-state index contributed by atoms with van der Waals surface area (Å²) >= 11 is 0. The summed E-state index contributed by atoms with van der Waals surface area (Å²) in [6.07, 6.45) is 11.0. The fraction of sp³-hybridized carbons (Fsp3) is 0.382. The first kappa shape index (κ1) is 22.1. The Kier molecular flexibility index (Phi) is 5.20. The van der Waals surface area contributed by atoms with E-state index >= 15 is 0 Å². The molecule has 2 saturated carbocycles. The van der Waals surface area contributed by atoms with E-state index in [0.717, 1.165) is 11.8 Å². The predicted octanol–water partition coefficient (Wildman–Crippen LogP) is 8.02. The van der Waals surface area contributed by atoms with Gasteiger partial charge in [0, 0.05) is 12.5 Å². The second-order valence-corrected chi connectivity index (χ2v) is 11.4. The molecule has 182 valence electrons. The van der Waals surface area contributed by atoms with Crippen molar-refractivity contribution in [2.45, 2.75) is 70.6 Å². The summed E-state index contributed by atoms with van der Waals surface area (Å²) in [7, 11) is 0. The fourth-order valence-electron chi connectivity index (χ4n) is 8.37. The Bertz CT molecular complexity index is 1400. The molecule has 0 amide bonds. The van der Waals surface area contributed by atoms with Crippen LogP contribution < -0.4 is 4.57 Å². The van der Waals surface area contributed by atoms with Crippen LogP contribution >= 0.6 is 0 Å². The van der Waals surface area contributed by atoms with Crippen LogP contribution in [0.25, 0.3) is 22.8 Å². The molecule has 7 rings (SSSR count). The van der Waals surface area contributed by atoms with Crippen molar-refractivity contribution < 1.29 is 4.57 Å². The molecule has 1 aliphatic heterocycles. The van der Waals surface area contributed by atoms with E-state index in [-0.39, 0.29) is 5.41 Å². The summed E-state index contributed by atoms with van der Waals surface area (Å²) < 4.78 is 5.29. The van der Waals surface area contributed by atoms with Crippen LogP contribution in [0.2, 0.25) is 0 Å². The van der Waals surface area contributed by atoms with Crippen molar-refractivity contribution in [1.29, 1.82) is 0 Å². The normalized spacial score (nSPS) is 19.1. The van der Waals surface area contributed by atoms with Crippen molar-refractivity contribution >= 4 is 0 Å². The first-order valence-electron chi connectivity index (χ1n) is 14.1. The molecule has 0 bridgehead atoms. The van der Waals surface area contributed by atoms with E-state index < -0.39 is 0 Å². The third-order valence-electron chi connectivity index (χ3n) is 9.69. The van der Waals surface area contributed by atoms with Crippen molar-refractivity contribution in [3.8, 4) is 22.8 Å². The van der Waals surface area contributed by atoms with Crippen LogP contribution in [0.5, 0.6) is 0 Å². The molecule has 2 heterocycles. The maximum atomic E-state index is 2.70. The molecule has 0 radical (unpaired) electrons. The highest BCUT2D eigenvalue weighted by Crippen LogP contribution is 2.59. The van der Waals surface area contributed by atoms with E-state index in [2.05, 4.69) is 102 Å². The lowest BCUT2D eigenvalue weighted by Gasteiger charge is -2.40. The van der Waals surface area contributed by atoms with Gasteiger partial charge in [-0.25, -0.2) is 0 Å². The Labute approximate surface area is 215 Å². The maximum absolute atomic E-state index is 2.70.